The number of rotatable bonds is 4. The Balaban J connectivity index is 1.39. The molecule has 3 rings (SSSR count). The molecule has 140 valence electrons. The largest absolute Gasteiger partial charge is 0.301 e. The van der Waals surface area contributed by atoms with Gasteiger partial charge in [-0.2, -0.15) is 0 Å². The maximum atomic E-state index is 2.69. The van der Waals surface area contributed by atoms with Crippen molar-refractivity contribution in [3.63, 3.8) is 0 Å². The van der Waals surface area contributed by atoms with Gasteiger partial charge in [0.05, 0.1) is 0 Å². The van der Waals surface area contributed by atoms with Crippen molar-refractivity contribution < 1.29 is 0 Å². The lowest BCUT2D eigenvalue weighted by molar-refractivity contribution is 0.0331. The van der Waals surface area contributed by atoms with Crippen molar-refractivity contribution in [3.8, 4) is 0 Å². The van der Waals surface area contributed by atoms with E-state index in [2.05, 4.69) is 37.5 Å². The number of hydrogen-bond acceptors (Lipinski definition) is 2. The molecule has 0 atom stereocenters. The van der Waals surface area contributed by atoms with Crippen LogP contribution in [0.4, 0.5) is 0 Å². The predicted molar refractivity (Wildman–Crippen MR) is 104 cm³/mol. The molecule has 2 heterocycles. The van der Waals surface area contributed by atoms with Gasteiger partial charge in [-0.15, -0.1) is 0 Å². The van der Waals surface area contributed by atoms with E-state index < -0.39 is 0 Å². The molecular formula is C22H42N2. The maximum absolute atomic E-state index is 2.69. The maximum Gasteiger partial charge on any atom is 0.00385 e. The van der Waals surface area contributed by atoms with Crippen molar-refractivity contribution in [2.45, 2.75) is 97.6 Å². The molecule has 2 heteroatoms. The molecule has 2 nitrogen and oxygen atoms in total. The Kier molecular flexibility index (Phi) is 6.30. The number of nitrogens with zero attached hydrogens (tertiary/aromatic N) is 2. The Morgan fingerprint density at radius 1 is 0.667 bits per heavy atom. The summed E-state index contributed by atoms with van der Waals surface area (Å²) in [5.41, 5.74) is 0.739. The summed E-state index contributed by atoms with van der Waals surface area (Å²) in [5.74, 6) is 2.08. The Morgan fingerprint density at radius 2 is 1.12 bits per heavy atom. The van der Waals surface area contributed by atoms with Crippen molar-refractivity contribution in [1.29, 1.82) is 0 Å². The summed E-state index contributed by atoms with van der Waals surface area (Å²) in [6.07, 6.45) is 13.6. The lowest BCUT2D eigenvalue weighted by Gasteiger charge is -2.47. The summed E-state index contributed by atoms with van der Waals surface area (Å²) >= 11 is 0. The van der Waals surface area contributed by atoms with Crippen molar-refractivity contribution >= 4 is 0 Å². The van der Waals surface area contributed by atoms with Gasteiger partial charge in [-0.3, -0.25) is 0 Å². The lowest BCUT2D eigenvalue weighted by Crippen LogP contribution is -2.44. The predicted octanol–water partition coefficient (Wildman–Crippen LogP) is 5.18. The van der Waals surface area contributed by atoms with Gasteiger partial charge >= 0.3 is 0 Å². The molecule has 0 unspecified atom stereocenters. The minimum atomic E-state index is 0.739. The zero-order valence-electron chi connectivity index (χ0n) is 16.9. The molecule has 1 aliphatic carbocycles. The van der Waals surface area contributed by atoms with Gasteiger partial charge in [-0.1, -0.05) is 0 Å². The average Bonchev–Trinajstić information content (AvgIpc) is 2.58. The first-order valence-electron chi connectivity index (χ1n) is 11.0. The van der Waals surface area contributed by atoms with Gasteiger partial charge < -0.3 is 9.80 Å². The van der Waals surface area contributed by atoms with Gasteiger partial charge in [0.25, 0.3) is 0 Å². The van der Waals surface area contributed by atoms with Crippen LogP contribution in [0, 0.1) is 17.3 Å². The van der Waals surface area contributed by atoms with E-state index in [0.29, 0.717) is 0 Å². The third kappa shape index (κ3) is 4.55. The van der Waals surface area contributed by atoms with E-state index >= 15 is 0 Å². The summed E-state index contributed by atoms with van der Waals surface area (Å²) in [4.78, 5) is 5.37. The molecule has 0 aromatic heterocycles. The van der Waals surface area contributed by atoms with Crippen molar-refractivity contribution in [2.75, 3.05) is 26.2 Å². The zero-order valence-corrected chi connectivity index (χ0v) is 16.9. The molecule has 0 bridgehead atoms. The van der Waals surface area contributed by atoms with Crippen molar-refractivity contribution in [1.82, 2.24) is 9.80 Å². The Hall–Kier alpha value is -0.0800. The first-order valence-corrected chi connectivity index (χ1v) is 11.0. The average molecular weight is 335 g/mol. The topological polar surface area (TPSA) is 6.48 Å². The summed E-state index contributed by atoms with van der Waals surface area (Å²) in [6, 6.07) is 1.49. The second-order valence-electron chi connectivity index (χ2n) is 9.88. The molecule has 3 fully saturated rings. The minimum Gasteiger partial charge on any atom is -0.301 e. The van der Waals surface area contributed by atoms with Gasteiger partial charge in [-0.25, -0.2) is 0 Å². The van der Waals surface area contributed by atoms with Crippen LogP contribution in [0.15, 0.2) is 0 Å². The molecule has 2 saturated heterocycles. The van der Waals surface area contributed by atoms with E-state index in [1.165, 1.54) is 77.5 Å². The number of hydrogen-bond donors (Lipinski definition) is 0. The quantitative estimate of drug-likeness (QED) is 0.699. The highest BCUT2D eigenvalue weighted by molar-refractivity contribution is 4.91. The SMILES string of the molecule is CC(C)N1CCC(CC2CCC3(CC2)CCN(C(C)C)CC3)CC1. The zero-order chi connectivity index (χ0) is 17.2. The molecule has 0 aromatic rings. The second-order valence-corrected chi connectivity index (χ2v) is 9.88. The van der Waals surface area contributed by atoms with Crippen LogP contribution in [0.5, 0.6) is 0 Å². The van der Waals surface area contributed by atoms with E-state index in [9.17, 15) is 0 Å². The van der Waals surface area contributed by atoms with Gasteiger partial charge in [0.2, 0.25) is 0 Å². The fraction of sp³-hybridized carbons (Fsp3) is 1.00. The fourth-order valence-corrected chi connectivity index (χ4v) is 5.72. The molecular weight excluding hydrogens is 292 g/mol. The summed E-state index contributed by atoms with van der Waals surface area (Å²) in [7, 11) is 0. The van der Waals surface area contributed by atoms with Crippen LogP contribution in [0.2, 0.25) is 0 Å². The Labute approximate surface area is 151 Å². The Morgan fingerprint density at radius 3 is 1.62 bits per heavy atom. The normalized spacial score (nSPS) is 28.2. The van der Waals surface area contributed by atoms with Crippen molar-refractivity contribution in [3.05, 3.63) is 0 Å². The van der Waals surface area contributed by atoms with Crippen LogP contribution in [-0.2, 0) is 0 Å². The van der Waals surface area contributed by atoms with E-state index in [1.807, 2.05) is 0 Å². The van der Waals surface area contributed by atoms with E-state index in [4.69, 9.17) is 0 Å². The summed E-state index contributed by atoms with van der Waals surface area (Å²) in [5, 5.41) is 0. The molecule has 24 heavy (non-hydrogen) atoms. The van der Waals surface area contributed by atoms with Crippen molar-refractivity contribution in [2.24, 2.45) is 17.3 Å². The van der Waals surface area contributed by atoms with Crippen LogP contribution in [0.25, 0.3) is 0 Å². The van der Waals surface area contributed by atoms with E-state index in [-0.39, 0.29) is 0 Å². The van der Waals surface area contributed by atoms with Gasteiger partial charge in [-0.05, 0) is 129 Å². The molecule has 3 aliphatic rings. The fourth-order valence-electron chi connectivity index (χ4n) is 5.72. The highest BCUT2D eigenvalue weighted by atomic mass is 15.2. The van der Waals surface area contributed by atoms with Gasteiger partial charge in [0.1, 0.15) is 0 Å². The smallest absolute Gasteiger partial charge is 0.00385 e. The van der Waals surface area contributed by atoms with Crippen LogP contribution >= 0.6 is 0 Å². The summed E-state index contributed by atoms with van der Waals surface area (Å²) < 4.78 is 0. The molecule has 0 aromatic carbocycles. The molecule has 1 saturated carbocycles. The third-order valence-corrected chi connectivity index (χ3v) is 7.80. The lowest BCUT2D eigenvalue weighted by atomic mass is 9.64. The minimum absolute atomic E-state index is 0.739. The van der Waals surface area contributed by atoms with Crippen LogP contribution < -0.4 is 0 Å². The molecule has 0 N–H and O–H groups in total. The second kappa shape index (κ2) is 8.08. The van der Waals surface area contributed by atoms with Gasteiger partial charge in [0.15, 0.2) is 0 Å². The highest BCUT2D eigenvalue weighted by Crippen LogP contribution is 2.48. The van der Waals surface area contributed by atoms with E-state index in [0.717, 1.165) is 29.3 Å². The highest BCUT2D eigenvalue weighted by Gasteiger charge is 2.38. The van der Waals surface area contributed by atoms with Crippen LogP contribution in [-0.4, -0.2) is 48.1 Å². The van der Waals surface area contributed by atoms with Crippen LogP contribution in [0.1, 0.15) is 85.5 Å². The molecule has 0 amide bonds. The third-order valence-electron chi connectivity index (χ3n) is 7.80. The van der Waals surface area contributed by atoms with E-state index in [1.54, 1.807) is 6.42 Å². The van der Waals surface area contributed by atoms with Crippen LogP contribution in [0.3, 0.4) is 0 Å². The number of piperidine rings is 2. The Bertz CT molecular complexity index is 363. The molecule has 0 radical (unpaired) electrons. The standard InChI is InChI=1S/C22H42N2/c1-18(2)23-13-7-21(8-14-23)17-20-5-9-22(10-6-20)11-15-24(16-12-22)19(3)4/h18-21H,5-17H2,1-4H3. The number of likely N-dealkylation sites (tertiary alicyclic amines) is 2. The molecule has 1 spiro atoms. The molecule has 2 aliphatic heterocycles. The van der Waals surface area contributed by atoms with Gasteiger partial charge in [0, 0.05) is 12.1 Å². The summed E-state index contributed by atoms with van der Waals surface area (Å²) in [6.45, 7) is 14.8. The first-order chi connectivity index (χ1) is 11.5. The first kappa shape index (κ1) is 18.7. The monoisotopic (exact) mass is 334 g/mol.